The van der Waals surface area contributed by atoms with Crippen molar-refractivity contribution in [2.45, 2.75) is 76.9 Å². The molecule has 2 aliphatic heterocycles. The van der Waals surface area contributed by atoms with Gasteiger partial charge in [-0.1, -0.05) is 39.0 Å². The van der Waals surface area contributed by atoms with E-state index in [0.717, 1.165) is 42.3 Å². The number of hydrogen-bond donors (Lipinski definition) is 0. The highest BCUT2D eigenvalue weighted by Crippen LogP contribution is 2.43. The summed E-state index contributed by atoms with van der Waals surface area (Å²) in [5.74, 6) is 1.96. The zero-order valence-corrected chi connectivity index (χ0v) is 15.3. The Bertz CT molecular complexity index is 634. The summed E-state index contributed by atoms with van der Waals surface area (Å²) in [7, 11) is 0. The highest BCUT2D eigenvalue weighted by molar-refractivity contribution is 5.77. The van der Waals surface area contributed by atoms with Crippen LogP contribution in [0, 0.1) is 5.92 Å². The Balaban J connectivity index is 1.32. The number of likely N-dealkylation sites (tertiary alicyclic amines) is 1. The van der Waals surface area contributed by atoms with E-state index in [4.69, 9.17) is 4.74 Å². The van der Waals surface area contributed by atoms with Gasteiger partial charge in [-0.3, -0.25) is 4.79 Å². The van der Waals surface area contributed by atoms with Gasteiger partial charge in [0.25, 0.3) is 0 Å². The van der Waals surface area contributed by atoms with Gasteiger partial charge in [-0.15, -0.1) is 0 Å². The third-order valence-corrected chi connectivity index (χ3v) is 6.10. The second-order valence-electron chi connectivity index (χ2n) is 7.97. The fourth-order valence-corrected chi connectivity index (χ4v) is 4.55. The van der Waals surface area contributed by atoms with E-state index in [1.54, 1.807) is 0 Å². The molecule has 5 heteroatoms. The van der Waals surface area contributed by atoms with E-state index in [1.807, 2.05) is 11.1 Å². The van der Waals surface area contributed by atoms with Crippen LogP contribution < -0.4 is 0 Å². The fourth-order valence-electron chi connectivity index (χ4n) is 4.55. The number of hydrogen-bond acceptors (Lipinski definition) is 4. The number of rotatable bonds is 5. The van der Waals surface area contributed by atoms with Gasteiger partial charge in [-0.25, -0.2) is 9.97 Å². The van der Waals surface area contributed by atoms with Crippen LogP contribution in [0.3, 0.4) is 0 Å². The van der Waals surface area contributed by atoms with Crippen LogP contribution >= 0.6 is 0 Å². The zero-order chi connectivity index (χ0) is 17.3. The maximum absolute atomic E-state index is 12.5. The Hall–Kier alpha value is -1.49. The van der Waals surface area contributed by atoms with Gasteiger partial charge in [0.05, 0.1) is 25.4 Å². The van der Waals surface area contributed by atoms with Crippen LogP contribution in [0.1, 0.15) is 75.4 Å². The lowest BCUT2D eigenvalue weighted by atomic mass is 9.84. The molecular formula is C20H29N3O2. The SMILES string of the molecule is CCCc1ncc2c(n1)COC21CN(C(=O)CCC2CCCCC2)C1. The van der Waals surface area contributed by atoms with Gasteiger partial charge in [-0.2, -0.15) is 0 Å². The molecule has 1 saturated heterocycles. The third-order valence-electron chi connectivity index (χ3n) is 6.10. The van der Waals surface area contributed by atoms with Crippen molar-refractivity contribution in [2.24, 2.45) is 5.92 Å². The Morgan fingerprint density at radius 3 is 2.88 bits per heavy atom. The topological polar surface area (TPSA) is 55.3 Å². The third kappa shape index (κ3) is 3.31. The maximum atomic E-state index is 12.5. The van der Waals surface area contributed by atoms with E-state index in [1.165, 1.54) is 32.1 Å². The summed E-state index contributed by atoms with van der Waals surface area (Å²) in [6, 6.07) is 0. The minimum absolute atomic E-state index is 0.289. The number of ether oxygens (including phenoxy) is 1. The van der Waals surface area contributed by atoms with Crippen LogP contribution in [-0.4, -0.2) is 33.9 Å². The number of aromatic nitrogens is 2. The standard InChI is InChI=1S/C20H29N3O2/c1-2-6-18-21-11-16-17(22-18)12-25-20(16)13-23(14-20)19(24)10-9-15-7-4-3-5-8-15/h11,15H,2-10,12-14H2,1H3. The average molecular weight is 343 g/mol. The molecule has 3 aliphatic rings. The highest BCUT2D eigenvalue weighted by atomic mass is 16.5. The molecule has 1 saturated carbocycles. The van der Waals surface area contributed by atoms with Crippen molar-refractivity contribution in [2.75, 3.05) is 13.1 Å². The van der Waals surface area contributed by atoms with Crippen LogP contribution in [0.5, 0.6) is 0 Å². The second-order valence-corrected chi connectivity index (χ2v) is 7.97. The summed E-state index contributed by atoms with van der Waals surface area (Å²) in [4.78, 5) is 23.6. The van der Waals surface area contributed by atoms with E-state index in [2.05, 4.69) is 16.9 Å². The van der Waals surface area contributed by atoms with E-state index in [9.17, 15) is 4.79 Å². The molecule has 0 N–H and O–H groups in total. The minimum Gasteiger partial charge on any atom is -0.360 e. The Morgan fingerprint density at radius 1 is 1.32 bits per heavy atom. The van der Waals surface area contributed by atoms with E-state index in [0.29, 0.717) is 26.1 Å². The second kappa shape index (κ2) is 7.02. The molecule has 5 nitrogen and oxygen atoms in total. The molecule has 0 aromatic carbocycles. The Morgan fingerprint density at radius 2 is 2.12 bits per heavy atom. The predicted octanol–water partition coefficient (Wildman–Crippen LogP) is 3.36. The van der Waals surface area contributed by atoms with Gasteiger partial charge in [0, 0.05) is 24.6 Å². The Labute approximate surface area is 150 Å². The zero-order valence-electron chi connectivity index (χ0n) is 15.3. The number of nitrogens with zero attached hydrogens (tertiary/aromatic N) is 3. The van der Waals surface area contributed by atoms with E-state index < -0.39 is 0 Å². The fraction of sp³-hybridized carbons (Fsp3) is 0.750. The van der Waals surface area contributed by atoms with Crippen LogP contribution in [0.2, 0.25) is 0 Å². The average Bonchev–Trinajstić information content (AvgIpc) is 2.99. The van der Waals surface area contributed by atoms with Gasteiger partial charge in [0.15, 0.2) is 0 Å². The number of aryl methyl sites for hydroxylation is 1. The lowest BCUT2D eigenvalue weighted by Crippen LogP contribution is -2.61. The summed E-state index contributed by atoms with van der Waals surface area (Å²) < 4.78 is 6.06. The van der Waals surface area contributed by atoms with Crippen LogP contribution in [0.15, 0.2) is 6.20 Å². The van der Waals surface area contributed by atoms with Gasteiger partial charge in [-0.05, 0) is 18.8 Å². The molecule has 3 heterocycles. The van der Waals surface area contributed by atoms with E-state index in [-0.39, 0.29) is 11.5 Å². The molecule has 0 radical (unpaired) electrons. The lowest BCUT2D eigenvalue weighted by Gasteiger charge is -2.47. The number of amides is 1. The molecule has 0 bridgehead atoms. The molecule has 25 heavy (non-hydrogen) atoms. The maximum Gasteiger partial charge on any atom is 0.222 e. The van der Waals surface area contributed by atoms with Crippen molar-refractivity contribution >= 4 is 5.91 Å². The molecule has 0 unspecified atom stereocenters. The van der Waals surface area contributed by atoms with Crippen molar-refractivity contribution in [3.63, 3.8) is 0 Å². The molecule has 0 atom stereocenters. The predicted molar refractivity (Wildman–Crippen MR) is 94.9 cm³/mol. The van der Waals surface area contributed by atoms with Crippen molar-refractivity contribution in [3.8, 4) is 0 Å². The first-order valence-corrected chi connectivity index (χ1v) is 9.97. The van der Waals surface area contributed by atoms with Gasteiger partial charge >= 0.3 is 0 Å². The van der Waals surface area contributed by atoms with Crippen molar-refractivity contribution in [3.05, 3.63) is 23.3 Å². The number of carbonyl (C=O) groups is 1. The van der Waals surface area contributed by atoms with Crippen molar-refractivity contribution in [1.29, 1.82) is 0 Å². The molecule has 1 spiro atoms. The van der Waals surface area contributed by atoms with Crippen LogP contribution in [0.25, 0.3) is 0 Å². The number of carbonyl (C=O) groups excluding carboxylic acids is 1. The molecular weight excluding hydrogens is 314 g/mol. The molecule has 1 aromatic heterocycles. The first kappa shape index (κ1) is 17.0. The van der Waals surface area contributed by atoms with E-state index >= 15 is 0 Å². The largest absolute Gasteiger partial charge is 0.360 e. The smallest absolute Gasteiger partial charge is 0.222 e. The first-order valence-electron chi connectivity index (χ1n) is 9.97. The summed E-state index contributed by atoms with van der Waals surface area (Å²) in [6.45, 7) is 4.02. The van der Waals surface area contributed by atoms with Gasteiger partial charge < -0.3 is 9.64 Å². The van der Waals surface area contributed by atoms with Gasteiger partial charge in [0.2, 0.25) is 5.91 Å². The molecule has 1 amide bonds. The highest BCUT2D eigenvalue weighted by Gasteiger charge is 2.52. The Kier molecular flexibility index (Phi) is 4.76. The van der Waals surface area contributed by atoms with Crippen molar-refractivity contribution < 1.29 is 9.53 Å². The molecule has 136 valence electrons. The summed E-state index contributed by atoms with van der Waals surface area (Å²) in [5, 5.41) is 0. The molecule has 1 aliphatic carbocycles. The lowest BCUT2D eigenvalue weighted by molar-refractivity contribution is -0.169. The number of fused-ring (bicyclic) bond motifs is 2. The summed E-state index contributed by atoms with van der Waals surface area (Å²) in [6.07, 6.45) is 12.3. The quantitative estimate of drug-likeness (QED) is 0.823. The van der Waals surface area contributed by atoms with Crippen LogP contribution in [0.4, 0.5) is 0 Å². The first-order chi connectivity index (χ1) is 12.2. The van der Waals surface area contributed by atoms with Crippen LogP contribution in [-0.2, 0) is 28.2 Å². The van der Waals surface area contributed by atoms with Crippen molar-refractivity contribution in [1.82, 2.24) is 14.9 Å². The normalized spacial score (nSPS) is 22.0. The molecule has 1 aromatic rings. The summed E-state index contributed by atoms with van der Waals surface area (Å²) in [5.41, 5.74) is 1.79. The van der Waals surface area contributed by atoms with Gasteiger partial charge in [0.1, 0.15) is 11.4 Å². The molecule has 2 fully saturated rings. The summed E-state index contributed by atoms with van der Waals surface area (Å²) >= 11 is 0. The minimum atomic E-state index is -0.333. The monoisotopic (exact) mass is 343 g/mol. The molecule has 4 rings (SSSR count).